The standard InChI is InChI=1S/C38H28N2/c1-3-11-27(12-4-1)32-17-9-18-33(25-32)37-26-36(39-38(40-37)31-14-5-2-6-15-31)30-23-21-29(22-24-30)35-20-10-16-28-13-7-8-19-34(28)35/h1-26,38-39H. The fourth-order valence-electron chi connectivity index (χ4n) is 5.45. The van der Waals surface area contributed by atoms with Gasteiger partial charge in [-0.05, 0) is 56.3 Å². The van der Waals surface area contributed by atoms with Crippen molar-refractivity contribution in [1.82, 2.24) is 5.32 Å². The van der Waals surface area contributed by atoms with Gasteiger partial charge in [-0.15, -0.1) is 0 Å². The smallest absolute Gasteiger partial charge is 0.145 e. The van der Waals surface area contributed by atoms with Crippen molar-refractivity contribution in [3.63, 3.8) is 0 Å². The lowest BCUT2D eigenvalue weighted by molar-refractivity contribution is 0.664. The van der Waals surface area contributed by atoms with Gasteiger partial charge in [-0.25, -0.2) is 0 Å². The van der Waals surface area contributed by atoms with E-state index in [1.807, 2.05) is 6.07 Å². The Balaban J connectivity index is 1.28. The van der Waals surface area contributed by atoms with Crippen LogP contribution in [0.5, 0.6) is 0 Å². The summed E-state index contributed by atoms with van der Waals surface area (Å²) in [5.74, 6) is 0. The molecule has 0 saturated carbocycles. The maximum absolute atomic E-state index is 5.16. The van der Waals surface area contributed by atoms with Crippen LogP contribution < -0.4 is 5.32 Å². The summed E-state index contributed by atoms with van der Waals surface area (Å²) in [6.07, 6.45) is 2.01. The Kier molecular flexibility index (Phi) is 6.27. The molecule has 6 aromatic rings. The fraction of sp³-hybridized carbons (Fsp3) is 0.0263. The molecule has 0 radical (unpaired) electrons. The second-order valence-electron chi connectivity index (χ2n) is 10.1. The number of benzene rings is 6. The lowest BCUT2D eigenvalue weighted by atomic mass is 9.96. The molecule has 1 heterocycles. The van der Waals surface area contributed by atoms with Crippen LogP contribution in [-0.4, -0.2) is 5.71 Å². The van der Waals surface area contributed by atoms with E-state index < -0.39 is 0 Å². The van der Waals surface area contributed by atoms with Crippen LogP contribution in [0.25, 0.3) is 38.7 Å². The number of nitrogens with one attached hydrogen (secondary N) is 1. The highest BCUT2D eigenvalue weighted by Gasteiger charge is 2.20. The van der Waals surface area contributed by atoms with Crippen LogP contribution in [0.1, 0.15) is 22.9 Å². The molecule has 40 heavy (non-hydrogen) atoms. The van der Waals surface area contributed by atoms with Crippen molar-refractivity contribution in [3.05, 3.63) is 174 Å². The van der Waals surface area contributed by atoms with Gasteiger partial charge < -0.3 is 5.32 Å². The molecule has 0 saturated heterocycles. The summed E-state index contributed by atoms with van der Waals surface area (Å²) in [6.45, 7) is 0. The van der Waals surface area contributed by atoms with Gasteiger partial charge in [-0.2, -0.15) is 0 Å². The van der Waals surface area contributed by atoms with Gasteiger partial charge in [0.1, 0.15) is 6.17 Å². The molecule has 1 atom stereocenters. The zero-order valence-electron chi connectivity index (χ0n) is 22.0. The summed E-state index contributed by atoms with van der Waals surface area (Å²) in [6, 6.07) is 53.5. The summed E-state index contributed by atoms with van der Waals surface area (Å²) in [4.78, 5) is 5.16. The Bertz CT molecular complexity index is 1840. The Labute approximate surface area is 235 Å². The first kappa shape index (κ1) is 23.9. The maximum Gasteiger partial charge on any atom is 0.145 e. The third-order valence-corrected chi connectivity index (χ3v) is 7.52. The molecule has 0 aromatic heterocycles. The minimum Gasteiger partial charge on any atom is -0.360 e. The second-order valence-corrected chi connectivity index (χ2v) is 10.1. The van der Waals surface area contributed by atoms with Crippen LogP contribution in [0.15, 0.2) is 163 Å². The van der Waals surface area contributed by atoms with Gasteiger partial charge in [0.15, 0.2) is 0 Å². The van der Waals surface area contributed by atoms with Gasteiger partial charge in [0.2, 0.25) is 0 Å². The number of fused-ring (bicyclic) bond motifs is 1. The lowest BCUT2D eigenvalue weighted by Crippen LogP contribution is -2.24. The number of aliphatic imine (C=N–C) groups is 1. The zero-order valence-corrected chi connectivity index (χ0v) is 22.0. The summed E-state index contributed by atoms with van der Waals surface area (Å²) >= 11 is 0. The molecule has 1 unspecified atom stereocenters. The van der Waals surface area contributed by atoms with Gasteiger partial charge in [0.05, 0.1) is 5.71 Å². The molecule has 0 fully saturated rings. The summed E-state index contributed by atoms with van der Waals surface area (Å²) in [5, 5.41) is 6.22. The molecule has 1 N–H and O–H groups in total. The third kappa shape index (κ3) is 4.72. The normalized spacial score (nSPS) is 14.8. The van der Waals surface area contributed by atoms with Crippen LogP contribution in [0.2, 0.25) is 0 Å². The largest absolute Gasteiger partial charge is 0.360 e. The molecule has 1 aliphatic heterocycles. The number of nitrogens with zero attached hydrogens (tertiary/aromatic N) is 1. The second kappa shape index (κ2) is 10.5. The van der Waals surface area contributed by atoms with Crippen molar-refractivity contribution < 1.29 is 0 Å². The average Bonchev–Trinajstić information content (AvgIpc) is 3.05. The van der Waals surface area contributed by atoms with Crippen molar-refractivity contribution >= 4 is 22.2 Å². The van der Waals surface area contributed by atoms with E-state index in [0.717, 1.165) is 28.1 Å². The number of hydrogen-bond acceptors (Lipinski definition) is 2. The highest BCUT2D eigenvalue weighted by molar-refractivity contribution is 6.13. The predicted octanol–water partition coefficient (Wildman–Crippen LogP) is 9.31. The monoisotopic (exact) mass is 512 g/mol. The molecule has 190 valence electrons. The molecule has 0 aliphatic carbocycles. The topological polar surface area (TPSA) is 24.4 Å². The van der Waals surface area contributed by atoms with E-state index in [4.69, 9.17) is 4.99 Å². The first-order chi connectivity index (χ1) is 19.8. The number of hydrogen-bond donors (Lipinski definition) is 1. The molecule has 0 amide bonds. The van der Waals surface area contributed by atoms with Gasteiger partial charge in [0, 0.05) is 11.3 Å². The zero-order chi connectivity index (χ0) is 26.7. The molecular weight excluding hydrogens is 484 g/mol. The average molecular weight is 513 g/mol. The Morgan fingerprint density at radius 1 is 0.475 bits per heavy atom. The number of allylic oxidation sites excluding steroid dienone is 1. The van der Waals surface area contributed by atoms with Gasteiger partial charge in [0.25, 0.3) is 0 Å². The fourth-order valence-corrected chi connectivity index (χ4v) is 5.45. The van der Waals surface area contributed by atoms with Crippen molar-refractivity contribution in [2.45, 2.75) is 6.17 Å². The maximum atomic E-state index is 5.16. The lowest BCUT2D eigenvalue weighted by Gasteiger charge is -2.25. The highest BCUT2D eigenvalue weighted by atomic mass is 15.1. The van der Waals surface area contributed by atoms with Crippen LogP contribution in [0, 0.1) is 0 Å². The van der Waals surface area contributed by atoms with Crippen molar-refractivity contribution in [2.24, 2.45) is 4.99 Å². The van der Waals surface area contributed by atoms with E-state index in [9.17, 15) is 0 Å². The Morgan fingerprint density at radius 2 is 1.10 bits per heavy atom. The molecular formula is C38H28N2. The molecule has 2 heteroatoms. The van der Waals surface area contributed by atoms with E-state index >= 15 is 0 Å². The van der Waals surface area contributed by atoms with Crippen molar-refractivity contribution in [2.75, 3.05) is 0 Å². The number of rotatable bonds is 5. The minimum absolute atomic E-state index is 0.172. The van der Waals surface area contributed by atoms with Gasteiger partial charge >= 0.3 is 0 Å². The van der Waals surface area contributed by atoms with Crippen LogP contribution in [0.4, 0.5) is 0 Å². The first-order valence-electron chi connectivity index (χ1n) is 13.7. The predicted molar refractivity (Wildman–Crippen MR) is 168 cm³/mol. The SMILES string of the molecule is C1=C(c2ccc(-c3cccc4ccccc34)cc2)NC(c2ccccc2)N=C1c1cccc(-c2ccccc2)c1. The minimum atomic E-state index is -0.172. The quantitative estimate of drug-likeness (QED) is 0.244. The van der Waals surface area contributed by atoms with Crippen LogP contribution in [0.3, 0.4) is 0 Å². The molecule has 2 nitrogen and oxygen atoms in total. The summed E-state index contributed by atoms with van der Waals surface area (Å²) in [5.41, 5.74) is 10.3. The highest BCUT2D eigenvalue weighted by Crippen LogP contribution is 2.32. The van der Waals surface area contributed by atoms with E-state index in [1.165, 1.54) is 33.0 Å². The van der Waals surface area contributed by atoms with Gasteiger partial charge in [-0.1, -0.05) is 146 Å². The molecule has 0 spiro atoms. The van der Waals surface area contributed by atoms with E-state index in [-0.39, 0.29) is 6.17 Å². The Morgan fingerprint density at radius 3 is 1.93 bits per heavy atom. The van der Waals surface area contributed by atoms with Crippen molar-refractivity contribution in [3.8, 4) is 22.3 Å². The van der Waals surface area contributed by atoms with Crippen LogP contribution in [-0.2, 0) is 0 Å². The third-order valence-electron chi connectivity index (χ3n) is 7.52. The molecule has 6 aromatic carbocycles. The summed E-state index contributed by atoms with van der Waals surface area (Å²) < 4.78 is 0. The van der Waals surface area contributed by atoms with E-state index in [1.54, 1.807) is 0 Å². The Hall–Kier alpha value is -5.21. The van der Waals surface area contributed by atoms with Crippen molar-refractivity contribution in [1.29, 1.82) is 0 Å². The molecule has 7 rings (SSSR count). The van der Waals surface area contributed by atoms with Crippen LogP contribution >= 0.6 is 0 Å². The summed E-state index contributed by atoms with van der Waals surface area (Å²) in [7, 11) is 0. The molecule has 1 aliphatic rings. The first-order valence-corrected chi connectivity index (χ1v) is 13.7. The molecule has 0 bridgehead atoms. The van der Waals surface area contributed by atoms with Gasteiger partial charge in [-0.3, -0.25) is 4.99 Å². The van der Waals surface area contributed by atoms with E-state index in [0.29, 0.717) is 0 Å². The van der Waals surface area contributed by atoms with E-state index in [2.05, 4.69) is 157 Å².